The summed E-state index contributed by atoms with van der Waals surface area (Å²) in [5.41, 5.74) is 0.452. The van der Waals surface area contributed by atoms with Gasteiger partial charge in [0.2, 0.25) is 15.9 Å². The molecule has 0 bridgehead atoms. The Morgan fingerprint density at radius 2 is 1.64 bits per heavy atom. The van der Waals surface area contributed by atoms with Crippen LogP contribution in [-0.2, 0) is 14.8 Å². The van der Waals surface area contributed by atoms with E-state index >= 15 is 0 Å². The second-order valence-corrected chi connectivity index (χ2v) is 7.38. The van der Waals surface area contributed by atoms with Gasteiger partial charge in [-0.05, 0) is 31.2 Å². The monoisotopic (exact) mass is 362 g/mol. The number of benzene rings is 2. The van der Waals surface area contributed by atoms with Gasteiger partial charge in [-0.25, -0.2) is 8.42 Å². The topological polar surface area (TPSA) is 75.7 Å². The van der Waals surface area contributed by atoms with E-state index in [4.69, 9.17) is 4.74 Å². The fraction of sp³-hybridized carbons (Fsp3) is 0.278. The highest BCUT2D eigenvalue weighted by Gasteiger charge is 2.28. The average Bonchev–Trinajstić information content (AvgIpc) is 2.59. The first-order chi connectivity index (χ1) is 11.9. The molecule has 2 aromatic rings. The lowest BCUT2D eigenvalue weighted by molar-refractivity contribution is -0.121. The minimum Gasteiger partial charge on any atom is -0.492 e. The van der Waals surface area contributed by atoms with Crippen LogP contribution >= 0.6 is 0 Å². The largest absolute Gasteiger partial charge is 0.492 e. The van der Waals surface area contributed by atoms with E-state index in [1.807, 2.05) is 30.3 Å². The number of sulfonamides is 1. The average molecular weight is 362 g/mol. The number of para-hydroxylation sites is 2. The fourth-order valence-corrected chi connectivity index (χ4v) is 3.57. The minimum absolute atomic E-state index is 0.282. The molecule has 0 unspecified atom stereocenters. The van der Waals surface area contributed by atoms with Crippen LogP contribution in [0.5, 0.6) is 5.75 Å². The van der Waals surface area contributed by atoms with Crippen LogP contribution in [0.25, 0.3) is 0 Å². The van der Waals surface area contributed by atoms with Crippen molar-refractivity contribution in [3.05, 3.63) is 60.7 Å². The number of carbonyl (C=O) groups excluding carboxylic acids is 1. The van der Waals surface area contributed by atoms with Crippen molar-refractivity contribution in [2.75, 3.05) is 23.7 Å². The molecule has 134 valence electrons. The summed E-state index contributed by atoms with van der Waals surface area (Å²) in [7, 11) is -3.59. The van der Waals surface area contributed by atoms with Crippen LogP contribution in [0.15, 0.2) is 60.7 Å². The van der Waals surface area contributed by atoms with E-state index in [0.29, 0.717) is 18.0 Å². The standard InChI is InChI=1S/C18H22N2O4S/c1-15(20(25(2,22)23)16-9-5-3-6-10-16)18(21)19-13-14-24-17-11-7-4-8-12-17/h3-12,15H,13-14H2,1-2H3,(H,19,21)/t15-/m0/s1. The van der Waals surface area contributed by atoms with Crippen LogP contribution in [-0.4, -0.2) is 39.8 Å². The van der Waals surface area contributed by atoms with Gasteiger partial charge in [0.15, 0.2) is 0 Å². The smallest absolute Gasteiger partial charge is 0.243 e. The number of nitrogens with one attached hydrogen (secondary N) is 1. The van der Waals surface area contributed by atoms with Crippen LogP contribution in [0.4, 0.5) is 5.69 Å². The van der Waals surface area contributed by atoms with Gasteiger partial charge in [0, 0.05) is 0 Å². The molecule has 0 spiro atoms. The van der Waals surface area contributed by atoms with Crippen molar-refractivity contribution in [2.24, 2.45) is 0 Å². The molecule has 0 radical (unpaired) electrons. The van der Waals surface area contributed by atoms with Crippen LogP contribution in [0.3, 0.4) is 0 Å². The number of carbonyl (C=O) groups is 1. The normalized spacial score (nSPS) is 12.2. The summed E-state index contributed by atoms with van der Waals surface area (Å²) in [6.45, 7) is 2.14. The quantitative estimate of drug-likeness (QED) is 0.729. The van der Waals surface area contributed by atoms with Gasteiger partial charge in [0.05, 0.1) is 18.5 Å². The highest BCUT2D eigenvalue weighted by atomic mass is 32.2. The van der Waals surface area contributed by atoms with Crippen molar-refractivity contribution in [3.63, 3.8) is 0 Å². The molecule has 6 nitrogen and oxygen atoms in total. The first kappa shape index (κ1) is 18.8. The van der Waals surface area contributed by atoms with Gasteiger partial charge in [-0.2, -0.15) is 0 Å². The van der Waals surface area contributed by atoms with Crippen molar-refractivity contribution < 1.29 is 17.9 Å². The SMILES string of the molecule is C[C@@H](C(=O)NCCOc1ccccc1)N(c1ccccc1)S(C)(=O)=O. The molecule has 25 heavy (non-hydrogen) atoms. The molecule has 1 N–H and O–H groups in total. The number of amides is 1. The van der Waals surface area contributed by atoms with Crippen LogP contribution in [0, 0.1) is 0 Å². The number of hydrogen-bond acceptors (Lipinski definition) is 4. The molecule has 1 amide bonds. The number of nitrogens with zero attached hydrogens (tertiary/aromatic N) is 1. The molecule has 7 heteroatoms. The molecule has 0 fully saturated rings. The van der Waals surface area contributed by atoms with Crippen LogP contribution in [0.2, 0.25) is 0 Å². The molecule has 0 heterocycles. The molecule has 0 aromatic heterocycles. The maximum absolute atomic E-state index is 12.3. The maximum atomic E-state index is 12.3. The Bertz CT molecular complexity index is 779. The third kappa shape index (κ3) is 5.49. The Labute approximate surface area is 148 Å². The molecule has 0 aliphatic heterocycles. The van der Waals surface area contributed by atoms with Gasteiger partial charge in [0.1, 0.15) is 18.4 Å². The van der Waals surface area contributed by atoms with E-state index in [1.165, 1.54) is 0 Å². The van der Waals surface area contributed by atoms with Gasteiger partial charge in [-0.1, -0.05) is 36.4 Å². The van der Waals surface area contributed by atoms with Crippen LogP contribution < -0.4 is 14.4 Å². The Kier molecular flexibility index (Phi) is 6.41. The molecule has 2 aromatic carbocycles. The maximum Gasteiger partial charge on any atom is 0.243 e. The lowest BCUT2D eigenvalue weighted by atomic mass is 10.2. The first-order valence-corrected chi connectivity index (χ1v) is 9.74. The van der Waals surface area contributed by atoms with Crippen molar-refractivity contribution in [2.45, 2.75) is 13.0 Å². The van der Waals surface area contributed by atoms with Crippen molar-refractivity contribution >= 4 is 21.6 Å². The van der Waals surface area contributed by atoms with Gasteiger partial charge in [-0.3, -0.25) is 9.10 Å². The molecule has 0 aliphatic carbocycles. The molecular formula is C18H22N2O4S. The van der Waals surface area contributed by atoms with E-state index in [2.05, 4.69) is 5.32 Å². The summed E-state index contributed by atoms with van der Waals surface area (Å²) < 4.78 is 30.8. The lowest BCUT2D eigenvalue weighted by Gasteiger charge is -2.28. The summed E-state index contributed by atoms with van der Waals surface area (Å²) >= 11 is 0. The van der Waals surface area contributed by atoms with E-state index in [-0.39, 0.29) is 12.5 Å². The third-order valence-corrected chi connectivity index (χ3v) is 4.75. The summed E-state index contributed by atoms with van der Waals surface area (Å²) in [6.07, 6.45) is 1.09. The van der Waals surface area contributed by atoms with E-state index in [9.17, 15) is 13.2 Å². The Morgan fingerprint density at radius 1 is 1.08 bits per heavy atom. The van der Waals surface area contributed by atoms with Crippen LogP contribution in [0.1, 0.15) is 6.92 Å². The zero-order chi connectivity index (χ0) is 18.3. The van der Waals surface area contributed by atoms with Gasteiger partial charge < -0.3 is 10.1 Å². The summed E-state index contributed by atoms with van der Waals surface area (Å²) in [4.78, 5) is 12.3. The highest BCUT2D eigenvalue weighted by Crippen LogP contribution is 2.20. The van der Waals surface area contributed by atoms with Crippen molar-refractivity contribution in [1.82, 2.24) is 5.32 Å². The fourth-order valence-electron chi connectivity index (χ4n) is 2.39. The van der Waals surface area contributed by atoms with E-state index < -0.39 is 16.1 Å². The van der Waals surface area contributed by atoms with Gasteiger partial charge in [-0.15, -0.1) is 0 Å². The lowest BCUT2D eigenvalue weighted by Crippen LogP contribution is -2.48. The number of hydrogen-bond donors (Lipinski definition) is 1. The molecular weight excluding hydrogens is 340 g/mol. The first-order valence-electron chi connectivity index (χ1n) is 7.89. The Balaban J connectivity index is 1.94. The van der Waals surface area contributed by atoms with Gasteiger partial charge in [0.25, 0.3) is 0 Å². The molecule has 2 rings (SSSR count). The number of anilines is 1. The predicted molar refractivity (Wildman–Crippen MR) is 98.2 cm³/mol. The van der Waals surface area contributed by atoms with Crippen molar-refractivity contribution in [3.8, 4) is 5.75 Å². The Hall–Kier alpha value is -2.54. The zero-order valence-corrected chi connectivity index (χ0v) is 15.1. The predicted octanol–water partition coefficient (Wildman–Crippen LogP) is 2.04. The number of rotatable bonds is 8. The highest BCUT2D eigenvalue weighted by molar-refractivity contribution is 7.92. The third-order valence-electron chi connectivity index (χ3n) is 3.51. The zero-order valence-electron chi connectivity index (χ0n) is 14.3. The second kappa shape index (κ2) is 8.53. The van der Waals surface area contributed by atoms with E-state index in [0.717, 1.165) is 10.6 Å². The summed E-state index contributed by atoms with van der Waals surface area (Å²) in [5, 5.41) is 2.70. The summed E-state index contributed by atoms with van der Waals surface area (Å²) in [5.74, 6) is 0.331. The van der Waals surface area contributed by atoms with E-state index in [1.54, 1.807) is 37.3 Å². The van der Waals surface area contributed by atoms with Gasteiger partial charge >= 0.3 is 0 Å². The minimum atomic E-state index is -3.59. The molecule has 0 saturated heterocycles. The molecule has 0 aliphatic rings. The number of ether oxygens (including phenoxy) is 1. The Morgan fingerprint density at radius 3 is 2.20 bits per heavy atom. The van der Waals surface area contributed by atoms with Crippen molar-refractivity contribution in [1.29, 1.82) is 0 Å². The second-order valence-electron chi connectivity index (χ2n) is 5.52. The molecule has 1 atom stereocenters. The summed E-state index contributed by atoms with van der Waals surface area (Å²) in [6, 6.07) is 16.9. The molecule has 0 saturated carbocycles.